The Labute approximate surface area is 113 Å². The van der Waals surface area contributed by atoms with Crippen LogP contribution < -0.4 is 5.32 Å². The summed E-state index contributed by atoms with van der Waals surface area (Å²) >= 11 is 0. The van der Waals surface area contributed by atoms with Gasteiger partial charge in [-0.3, -0.25) is 4.90 Å². The van der Waals surface area contributed by atoms with Crippen LogP contribution in [0.3, 0.4) is 0 Å². The van der Waals surface area contributed by atoms with Gasteiger partial charge in [0.15, 0.2) is 0 Å². The molecule has 0 amide bonds. The number of nitrogens with one attached hydrogen (secondary N) is 1. The smallest absolute Gasteiger partial charge is 0.394 e. The molecular formula is C13H25F3N2O. The molecule has 2 unspecified atom stereocenters. The lowest BCUT2D eigenvalue weighted by atomic mass is 9.97. The van der Waals surface area contributed by atoms with Crippen molar-refractivity contribution >= 4 is 0 Å². The van der Waals surface area contributed by atoms with Crippen LogP contribution in [0.4, 0.5) is 13.2 Å². The van der Waals surface area contributed by atoms with Gasteiger partial charge in [-0.2, -0.15) is 13.2 Å². The molecule has 0 bridgehead atoms. The SMILES string of the molecule is CCN(CC(F)(F)F)C1CCC(CO)(NC(C)C)C1. The Bertz CT molecular complexity index is 284. The lowest BCUT2D eigenvalue weighted by molar-refractivity contribution is -0.150. The lowest BCUT2D eigenvalue weighted by Crippen LogP contribution is -2.51. The molecule has 0 spiro atoms. The van der Waals surface area contributed by atoms with E-state index in [9.17, 15) is 18.3 Å². The fourth-order valence-corrected chi connectivity index (χ4v) is 3.07. The zero-order chi connectivity index (χ0) is 14.7. The van der Waals surface area contributed by atoms with Crippen LogP contribution >= 0.6 is 0 Å². The highest BCUT2D eigenvalue weighted by atomic mass is 19.4. The molecule has 0 heterocycles. The summed E-state index contributed by atoms with van der Waals surface area (Å²) in [6.45, 7) is 5.21. The molecule has 19 heavy (non-hydrogen) atoms. The summed E-state index contributed by atoms with van der Waals surface area (Å²) < 4.78 is 37.6. The molecule has 6 heteroatoms. The van der Waals surface area contributed by atoms with E-state index in [0.29, 0.717) is 19.4 Å². The van der Waals surface area contributed by atoms with Crippen LogP contribution in [-0.4, -0.2) is 53.5 Å². The van der Waals surface area contributed by atoms with Crippen molar-refractivity contribution in [1.82, 2.24) is 10.2 Å². The maximum absolute atomic E-state index is 12.5. The predicted molar refractivity (Wildman–Crippen MR) is 69.0 cm³/mol. The largest absolute Gasteiger partial charge is 0.401 e. The molecule has 0 aromatic carbocycles. The minimum Gasteiger partial charge on any atom is -0.394 e. The van der Waals surface area contributed by atoms with E-state index in [2.05, 4.69) is 5.32 Å². The number of aliphatic hydroxyl groups excluding tert-OH is 1. The minimum absolute atomic E-state index is 0.0226. The molecule has 0 aromatic heterocycles. The highest BCUT2D eigenvalue weighted by Crippen LogP contribution is 2.34. The van der Waals surface area contributed by atoms with Crippen LogP contribution in [0.25, 0.3) is 0 Å². The van der Waals surface area contributed by atoms with Gasteiger partial charge >= 0.3 is 6.18 Å². The molecule has 114 valence electrons. The van der Waals surface area contributed by atoms with Gasteiger partial charge < -0.3 is 10.4 Å². The van der Waals surface area contributed by atoms with Crippen LogP contribution in [0, 0.1) is 0 Å². The Balaban J connectivity index is 2.66. The summed E-state index contributed by atoms with van der Waals surface area (Å²) in [5, 5.41) is 12.9. The first-order valence-corrected chi connectivity index (χ1v) is 6.91. The average molecular weight is 282 g/mol. The fraction of sp³-hybridized carbons (Fsp3) is 1.00. The van der Waals surface area contributed by atoms with Crippen molar-refractivity contribution in [2.45, 2.75) is 63.8 Å². The zero-order valence-corrected chi connectivity index (χ0v) is 11.9. The van der Waals surface area contributed by atoms with E-state index in [-0.39, 0.29) is 18.7 Å². The number of nitrogens with zero attached hydrogens (tertiary/aromatic N) is 1. The second kappa shape index (κ2) is 6.41. The average Bonchev–Trinajstić information content (AvgIpc) is 2.68. The number of rotatable bonds is 6. The van der Waals surface area contributed by atoms with E-state index in [1.807, 2.05) is 13.8 Å². The number of hydrogen-bond donors (Lipinski definition) is 2. The van der Waals surface area contributed by atoms with Crippen molar-refractivity contribution < 1.29 is 18.3 Å². The van der Waals surface area contributed by atoms with Gasteiger partial charge in [0.05, 0.1) is 13.2 Å². The molecule has 0 aromatic rings. The molecule has 1 fully saturated rings. The van der Waals surface area contributed by atoms with Crippen LogP contribution in [-0.2, 0) is 0 Å². The summed E-state index contributed by atoms with van der Waals surface area (Å²) in [5.41, 5.74) is -0.419. The van der Waals surface area contributed by atoms with Crippen LogP contribution in [0.15, 0.2) is 0 Å². The number of halogens is 3. The normalized spacial score (nSPS) is 28.6. The van der Waals surface area contributed by atoms with Gasteiger partial charge in [0.1, 0.15) is 0 Å². The Morgan fingerprint density at radius 3 is 2.47 bits per heavy atom. The van der Waals surface area contributed by atoms with Gasteiger partial charge in [-0.25, -0.2) is 0 Å². The molecule has 1 saturated carbocycles. The van der Waals surface area contributed by atoms with Crippen LogP contribution in [0.1, 0.15) is 40.0 Å². The zero-order valence-electron chi connectivity index (χ0n) is 11.9. The monoisotopic (exact) mass is 282 g/mol. The van der Waals surface area contributed by atoms with Gasteiger partial charge in [-0.15, -0.1) is 0 Å². The van der Waals surface area contributed by atoms with E-state index < -0.39 is 18.3 Å². The summed E-state index contributed by atoms with van der Waals surface area (Å²) in [7, 11) is 0. The molecule has 0 aliphatic heterocycles. The van der Waals surface area contributed by atoms with Crippen molar-refractivity contribution in [1.29, 1.82) is 0 Å². The number of aliphatic hydroxyl groups is 1. The fourth-order valence-electron chi connectivity index (χ4n) is 3.07. The van der Waals surface area contributed by atoms with Gasteiger partial charge in [-0.1, -0.05) is 20.8 Å². The van der Waals surface area contributed by atoms with Crippen molar-refractivity contribution in [3.8, 4) is 0 Å². The number of alkyl halides is 3. The predicted octanol–water partition coefficient (Wildman–Crippen LogP) is 2.15. The minimum atomic E-state index is -4.16. The van der Waals surface area contributed by atoms with Crippen molar-refractivity contribution in [3.63, 3.8) is 0 Å². The summed E-state index contributed by atoms with van der Waals surface area (Å²) in [4.78, 5) is 1.47. The van der Waals surface area contributed by atoms with Gasteiger partial charge in [0.25, 0.3) is 0 Å². The van der Waals surface area contributed by atoms with Crippen LogP contribution in [0.5, 0.6) is 0 Å². The Kier molecular flexibility index (Phi) is 5.65. The Morgan fingerprint density at radius 2 is 2.05 bits per heavy atom. The first kappa shape index (κ1) is 16.7. The third-order valence-corrected chi connectivity index (χ3v) is 3.78. The molecule has 2 atom stereocenters. The molecule has 2 N–H and O–H groups in total. The maximum Gasteiger partial charge on any atom is 0.401 e. The van der Waals surface area contributed by atoms with Crippen molar-refractivity contribution in [3.05, 3.63) is 0 Å². The van der Waals surface area contributed by atoms with Gasteiger partial charge in [0.2, 0.25) is 0 Å². The molecule has 1 aliphatic rings. The maximum atomic E-state index is 12.5. The van der Waals surface area contributed by atoms with E-state index in [0.717, 1.165) is 6.42 Å². The van der Waals surface area contributed by atoms with E-state index in [1.54, 1.807) is 6.92 Å². The first-order valence-electron chi connectivity index (χ1n) is 6.91. The second-order valence-corrected chi connectivity index (χ2v) is 5.81. The Morgan fingerprint density at radius 1 is 1.42 bits per heavy atom. The first-order chi connectivity index (χ1) is 8.71. The lowest BCUT2D eigenvalue weighted by Gasteiger charge is -2.33. The third kappa shape index (κ3) is 4.93. The molecule has 0 radical (unpaired) electrons. The quantitative estimate of drug-likeness (QED) is 0.783. The Hall–Kier alpha value is -0.330. The third-order valence-electron chi connectivity index (χ3n) is 3.78. The van der Waals surface area contributed by atoms with Gasteiger partial charge in [0, 0.05) is 17.6 Å². The molecule has 1 aliphatic carbocycles. The highest BCUT2D eigenvalue weighted by Gasteiger charge is 2.43. The molecular weight excluding hydrogens is 257 g/mol. The van der Waals surface area contributed by atoms with E-state index in [4.69, 9.17) is 0 Å². The molecule has 1 rings (SSSR count). The molecule has 0 saturated heterocycles. The van der Waals surface area contributed by atoms with Crippen molar-refractivity contribution in [2.24, 2.45) is 0 Å². The summed E-state index contributed by atoms with van der Waals surface area (Å²) in [6, 6.07) is 0.105. The summed E-state index contributed by atoms with van der Waals surface area (Å²) in [6.07, 6.45) is -2.16. The van der Waals surface area contributed by atoms with Crippen LogP contribution in [0.2, 0.25) is 0 Å². The van der Waals surface area contributed by atoms with E-state index >= 15 is 0 Å². The van der Waals surface area contributed by atoms with E-state index in [1.165, 1.54) is 4.90 Å². The number of hydrogen-bond acceptors (Lipinski definition) is 3. The van der Waals surface area contributed by atoms with Gasteiger partial charge in [-0.05, 0) is 25.8 Å². The summed E-state index contributed by atoms with van der Waals surface area (Å²) in [5.74, 6) is 0. The standard InChI is InChI=1S/C13H25F3N2O/c1-4-18(8-13(14,15)16)11-5-6-12(7-11,9-19)17-10(2)3/h10-11,17,19H,4-9H2,1-3H3. The topological polar surface area (TPSA) is 35.5 Å². The highest BCUT2D eigenvalue weighted by molar-refractivity contribution is 5.00. The second-order valence-electron chi connectivity index (χ2n) is 5.81. The van der Waals surface area contributed by atoms with Crippen molar-refractivity contribution in [2.75, 3.05) is 19.7 Å². The molecule has 3 nitrogen and oxygen atoms in total.